The fourth-order valence-electron chi connectivity index (χ4n) is 3.81. The van der Waals surface area contributed by atoms with Crippen molar-refractivity contribution in [1.29, 1.82) is 0 Å². The van der Waals surface area contributed by atoms with Crippen molar-refractivity contribution in [2.45, 2.75) is 32.2 Å². The molecule has 1 N–H and O–H groups in total. The van der Waals surface area contributed by atoms with E-state index in [2.05, 4.69) is 32.5 Å². The molecule has 4 rings (SSSR count). The third-order valence-electron chi connectivity index (χ3n) is 5.63. The maximum atomic E-state index is 12.5. The maximum Gasteiger partial charge on any atom is 0.241 e. The van der Waals surface area contributed by atoms with Gasteiger partial charge in [-0.25, -0.2) is 0 Å². The number of methoxy groups -OCH3 is 1. The Bertz CT molecular complexity index is 948. The van der Waals surface area contributed by atoms with Gasteiger partial charge in [-0.3, -0.25) is 9.69 Å². The van der Waals surface area contributed by atoms with Gasteiger partial charge in [0.15, 0.2) is 0 Å². The highest BCUT2D eigenvalue weighted by molar-refractivity contribution is 7.13. The summed E-state index contributed by atoms with van der Waals surface area (Å²) in [5, 5.41) is 9.17. The molecule has 164 valence electrons. The van der Waals surface area contributed by atoms with E-state index in [0.717, 1.165) is 49.4 Å². The van der Waals surface area contributed by atoms with Gasteiger partial charge in [0.1, 0.15) is 5.75 Å². The zero-order chi connectivity index (χ0) is 21.5. The average Bonchev–Trinajstić information content (AvgIpc) is 3.50. The van der Waals surface area contributed by atoms with Crippen molar-refractivity contribution in [2.24, 2.45) is 5.92 Å². The number of likely N-dealkylation sites (tertiary alicyclic amines) is 1. The summed E-state index contributed by atoms with van der Waals surface area (Å²) in [6.45, 7) is 3.06. The molecule has 3 aromatic rings. The summed E-state index contributed by atoms with van der Waals surface area (Å²) < 4.78 is 10.6. The number of carbonyl (C=O) groups excluding carboxylic acids is 1. The van der Waals surface area contributed by atoms with Crippen molar-refractivity contribution in [2.75, 3.05) is 26.7 Å². The highest BCUT2D eigenvalue weighted by Gasteiger charge is 2.25. The summed E-state index contributed by atoms with van der Waals surface area (Å²) in [4.78, 5) is 20.3. The van der Waals surface area contributed by atoms with Gasteiger partial charge in [-0.2, -0.15) is 4.98 Å². The van der Waals surface area contributed by atoms with Crippen LogP contribution in [0.5, 0.6) is 5.75 Å². The predicted molar refractivity (Wildman–Crippen MR) is 120 cm³/mol. The van der Waals surface area contributed by atoms with Crippen LogP contribution in [-0.2, 0) is 17.8 Å². The van der Waals surface area contributed by atoms with Gasteiger partial charge in [-0.15, -0.1) is 11.3 Å². The molecule has 2 aromatic heterocycles. The number of aryl methyl sites for hydroxylation is 1. The van der Waals surface area contributed by atoms with Crippen LogP contribution in [0.1, 0.15) is 30.7 Å². The lowest BCUT2D eigenvalue weighted by Crippen LogP contribution is -2.40. The van der Waals surface area contributed by atoms with Crippen molar-refractivity contribution in [3.63, 3.8) is 0 Å². The van der Waals surface area contributed by atoms with E-state index in [1.165, 1.54) is 5.56 Å². The second-order valence-corrected chi connectivity index (χ2v) is 8.73. The summed E-state index contributed by atoms with van der Waals surface area (Å²) in [5.74, 6) is 2.40. The molecule has 1 saturated heterocycles. The predicted octanol–water partition coefficient (Wildman–Crippen LogP) is 3.77. The number of nitrogens with zero attached hydrogens (tertiary/aromatic N) is 3. The van der Waals surface area contributed by atoms with Gasteiger partial charge >= 0.3 is 0 Å². The Morgan fingerprint density at radius 1 is 1.26 bits per heavy atom. The molecule has 3 heterocycles. The number of rotatable bonds is 9. The molecule has 1 aromatic carbocycles. The van der Waals surface area contributed by atoms with Crippen molar-refractivity contribution < 1.29 is 14.1 Å². The second-order valence-electron chi connectivity index (χ2n) is 7.78. The first-order chi connectivity index (χ1) is 15.2. The smallest absolute Gasteiger partial charge is 0.241 e. The first-order valence-corrected chi connectivity index (χ1v) is 11.6. The topological polar surface area (TPSA) is 80.5 Å². The SMILES string of the molecule is COc1ccc(CCCNC(=O)C2CCN(Cc3nc(-c4cccs4)no3)CC2)cc1. The summed E-state index contributed by atoms with van der Waals surface area (Å²) in [5.41, 5.74) is 1.26. The standard InChI is InChI=1S/C23H28N4O3S/c1-29-19-8-6-17(7-9-19)4-2-12-24-23(28)18-10-13-27(14-11-18)16-21-25-22(26-30-21)20-5-3-15-31-20/h3,5-9,15,18H,2,4,10-14,16H2,1H3,(H,24,28). The monoisotopic (exact) mass is 440 g/mol. The molecule has 0 atom stereocenters. The van der Waals surface area contributed by atoms with E-state index in [1.807, 2.05) is 29.6 Å². The van der Waals surface area contributed by atoms with E-state index in [0.29, 0.717) is 24.8 Å². The Labute approximate surface area is 186 Å². The Hall–Kier alpha value is -2.71. The number of amides is 1. The fraction of sp³-hybridized carbons (Fsp3) is 0.435. The molecular formula is C23H28N4O3S. The van der Waals surface area contributed by atoms with Crippen LogP contribution in [0.3, 0.4) is 0 Å². The Morgan fingerprint density at radius 3 is 2.77 bits per heavy atom. The fourth-order valence-corrected chi connectivity index (χ4v) is 4.46. The lowest BCUT2D eigenvalue weighted by Gasteiger charge is -2.30. The van der Waals surface area contributed by atoms with Gasteiger partial charge in [0.05, 0.1) is 18.5 Å². The zero-order valence-corrected chi connectivity index (χ0v) is 18.6. The lowest BCUT2D eigenvalue weighted by atomic mass is 9.96. The van der Waals surface area contributed by atoms with E-state index in [1.54, 1.807) is 18.4 Å². The van der Waals surface area contributed by atoms with Crippen LogP contribution in [0.4, 0.5) is 0 Å². The van der Waals surface area contributed by atoms with E-state index >= 15 is 0 Å². The molecule has 7 nitrogen and oxygen atoms in total. The van der Waals surface area contributed by atoms with Gasteiger partial charge in [0.25, 0.3) is 0 Å². The van der Waals surface area contributed by atoms with Crippen LogP contribution in [0, 0.1) is 5.92 Å². The molecule has 1 fully saturated rings. The third kappa shape index (κ3) is 5.92. The van der Waals surface area contributed by atoms with Gasteiger partial charge in [-0.05, 0) is 67.9 Å². The number of hydrogen-bond acceptors (Lipinski definition) is 7. The summed E-state index contributed by atoms with van der Waals surface area (Å²) in [6.07, 6.45) is 3.59. The molecule has 31 heavy (non-hydrogen) atoms. The van der Waals surface area contributed by atoms with Crippen LogP contribution >= 0.6 is 11.3 Å². The zero-order valence-electron chi connectivity index (χ0n) is 17.8. The highest BCUT2D eigenvalue weighted by Crippen LogP contribution is 2.23. The van der Waals surface area contributed by atoms with E-state index in [4.69, 9.17) is 9.26 Å². The van der Waals surface area contributed by atoms with Gasteiger partial charge in [0.2, 0.25) is 17.6 Å². The molecule has 8 heteroatoms. The Morgan fingerprint density at radius 2 is 2.06 bits per heavy atom. The van der Waals surface area contributed by atoms with Crippen LogP contribution < -0.4 is 10.1 Å². The van der Waals surface area contributed by atoms with Crippen molar-refractivity contribution >= 4 is 17.2 Å². The molecule has 1 amide bonds. The maximum absolute atomic E-state index is 12.5. The Balaban J connectivity index is 1.14. The highest BCUT2D eigenvalue weighted by atomic mass is 32.1. The van der Waals surface area contributed by atoms with Crippen LogP contribution in [0.15, 0.2) is 46.3 Å². The third-order valence-corrected chi connectivity index (χ3v) is 6.49. The summed E-state index contributed by atoms with van der Waals surface area (Å²) in [7, 11) is 1.67. The number of thiophene rings is 1. The molecular weight excluding hydrogens is 412 g/mol. The minimum absolute atomic E-state index is 0.0848. The van der Waals surface area contributed by atoms with E-state index < -0.39 is 0 Å². The molecule has 0 radical (unpaired) electrons. The number of ether oxygens (including phenoxy) is 1. The first kappa shape index (κ1) is 21.5. The van der Waals surface area contributed by atoms with Crippen LogP contribution in [0.25, 0.3) is 10.7 Å². The minimum atomic E-state index is 0.0848. The number of aromatic nitrogens is 2. The van der Waals surface area contributed by atoms with Crippen LogP contribution in [-0.4, -0.2) is 47.7 Å². The molecule has 0 unspecified atom stereocenters. The number of carbonyl (C=O) groups is 1. The number of hydrogen-bond donors (Lipinski definition) is 1. The number of piperidine rings is 1. The van der Waals surface area contributed by atoms with Gasteiger partial charge in [0, 0.05) is 12.5 Å². The van der Waals surface area contributed by atoms with Crippen molar-refractivity contribution in [3.05, 3.63) is 53.2 Å². The second kappa shape index (κ2) is 10.5. The molecule has 1 aliphatic rings. The number of nitrogens with one attached hydrogen (secondary N) is 1. The minimum Gasteiger partial charge on any atom is -0.497 e. The molecule has 0 aliphatic carbocycles. The van der Waals surface area contributed by atoms with E-state index in [-0.39, 0.29) is 11.8 Å². The molecule has 1 aliphatic heterocycles. The molecule has 0 bridgehead atoms. The van der Waals surface area contributed by atoms with Crippen molar-refractivity contribution in [3.8, 4) is 16.5 Å². The lowest BCUT2D eigenvalue weighted by molar-refractivity contribution is -0.126. The quantitative estimate of drug-likeness (QED) is 0.510. The average molecular weight is 441 g/mol. The van der Waals surface area contributed by atoms with Gasteiger partial charge in [-0.1, -0.05) is 23.4 Å². The van der Waals surface area contributed by atoms with Crippen molar-refractivity contribution in [1.82, 2.24) is 20.4 Å². The van der Waals surface area contributed by atoms with Crippen LogP contribution in [0.2, 0.25) is 0 Å². The number of benzene rings is 1. The van der Waals surface area contributed by atoms with E-state index in [9.17, 15) is 4.79 Å². The summed E-state index contributed by atoms with van der Waals surface area (Å²) >= 11 is 1.60. The molecule has 0 spiro atoms. The van der Waals surface area contributed by atoms with Gasteiger partial charge < -0.3 is 14.6 Å². The molecule has 0 saturated carbocycles. The normalized spacial score (nSPS) is 15.1. The first-order valence-electron chi connectivity index (χ1n) is 10.7. The largest absolute Gasteiger partial charge is 0.497 e. The Kier molecular flexibility index (Phi) is 7.32. The summed E-state index contributed by atoms with van der Waals surface area (Å²) in [6, 6.07) is 12.1.